The van der Waals surface area contributed by atoms with E-state index in [1.165, 1.54) is 12.4 Å². The Morgan fingerprint density at radius 2 is 2.17 bits per heavy atom. The third kappa shape index (κ3) is 3.22. The van der Waals surface area contributed by atoms with E-state index in [1.54, 1.807) is 0 Å². The molecule has 2 atom stereocenters. The van der Waals surface area contributed by atoms with Crippen molar-refractivity contribution in [2.24, 2.45) is 5.92 Å². The molecule has 0 aliphatic carbocycles. The first-order valence-corrected chi connectivity index (χ1v) is 6.20. The Bertz CT molecular complexity index is 395. The van der Waals surface area contributed by atoms with Gasteiger partial charge in [-0.1, -0.05) is 0 Å². The summed E-state index contributed by atoms with van der Waals surface area (Å²) in [6.45, 7) is 2.88. The topological polar surface area (TPSA) is 24.9 Å². The first-order chi connectivity index (χ1) is 8.47. The number of nitrogens with one attached hydrogen (secondary N) is 1. The molecule has 1 aromatic rings. The summed E-state index contributed by atoms with van der Waals surface area (Å²) in [6.07, 6.45) is 0.705. The van der Waals surface area contributed by atoms with Gasteiger partial charge >= 0.3 is 6.18 Å². The molecule has 1 aromatic heterocycles. The molecule has 0 aromatic carbocycles. The van der Waals surface area contributed by atoms with Crippen molar-refractivity contribution < 1.29 is 13.2 Å². The molecule has 2 nitrogen and oxygen atoms in total. The van der Waals surface area contributed by atoms with Crippen LogP contribution in [0.25, 0.3) is 0 Å². The molecule has 1 aliphatic heterocycles. The van der Waals surface area contributed by atoms with Gasteiger partial charge in [-0.3, -0.25) is 4.98 Å². The second-order valence-corrected chi connectivity index (χ2v) is 4.99. The number of hydrogen-bond donors (Lipinski definition) is 1. The molecule has 0 bridgehead atoms. The van der Waals surface area contributed by atoms with Crippen LogP contribution >= 0.6 is 0 Å². The Balaban J connectivity index is 2.10. The van der Waals surface area contributed by atoms with Crippen LogP contribution in [-0.2, 0) is 12.6 Å². The molecule has 18 heavy (non-hydrogen) atoms. The second-order valence-electron chi connectivity index (χ2n) is 4.99. The third-order valence-corrected chi connectivity index (χ3v) is 3.48. The van der Waals surface area contributed by atoms with Crippen molar-refractivity contribution in [3.05, 3.63) is 29.6 Å². The predicted octanol–water partition coefficient (Wildman–Crippen LogP) is 3.03. The van der Waals surface area contributed by atoms with Crippen LogP contribution < -0.4 is 5.32 Å². The van der Waals surface area contributed by atoms with Gasteiger partial charge in [0.2, 0.25) is 0 Å². The Labute approximate surface area is 105 Å². The molecule has 0 saturated carbocycles. The van der Waals surface area contributed by atoms with E-state index >= 15 is 0 Å². The van der Waals surface area contributed by atoms with Crippen molar-refractivity contribution in [3.8, 4) is 0 Å². The second kappa shape index (κ2) is 5.26. The molecular weight excluding hydrogens is 241 g/mol. The summed E-state index contributed by atoms with van der Waals surface area (Å²) in [6, 6.07) is 1.53. The molecular formula is C13H17F3N2. The van der Waals surface area contributed by atoms with Crippen LogP contribution in [0.2, 0.25) is 0 Å². The van der Waals surface area contributed by atoms with Gasteiger partial charge in [0.05, 0.1) is 5.56 Å². The Morgan fingerprint density at radius 3 is 2.78 bits per heavy atom. The molecule has 0 radical (unpaired) electrons. The molecule has 0 spiro atoms. The van der Waals surface area contributed by atoms with E-state index in [2.05, 4.69) is 17.2 Å². The summed E-state index contributed by atoms with van der Waals surface area (Å²) >= 11 is 0. The Morgan fingerprint density at radius 1 is 1.39 bits per heavy atom. The van der Waals surface area contributed by atoms with Crippen molar-refractivity contribution >= 4 is 0 Å². The smallest absolute Gasteiger partial charge is 0.314 e. The summed E-state index contributed by atoms with van der Waals surface area (Å²) in [4.78, 5) is 3.82. The summed E-state index contributed by atoms with van der Waals surface area (Å²) in [5.74, 6) is 0.270. The average Bonchev–Trinajstić information content (AvgIpc) is 2.31. The lowest BCUT2D eigenvalue weighted by atomic mass is 9.89. The maximum Gasteiger partial charge on any atom is 0.416 e. The number of piperidine rings is 1. The van der Waals surface area contributed by atoms with Crippen molar-refractivity contribution in [2.75, 3.05) is 6.54 Å². The van der Waals surface area contributed by atoms with Crippen LogP contribution in [0, 0.1) is 5.92 Å². The van der Waals surface area contributed by atoms with E-state index in [1.807, 2.05) is 0 Å². The van der Waals surface area contributed by atoms with E-state index in [4.69, 9.17) is 0 Å². The highest BCUT2D eigenvalue weighted by atomic mass is 19.4. The number of halogens is 3. The maximum atomic E-state index is 12.8. The van der Waals surface area contributed by atoms with Crippen molar-refractivity contribution in [1.29, 1.82) is 0 Å². The molecule has 2 unspecified atom stereocenters. The lowest BCUT2D eigenvalue weighted by Crippen LogP contribution is -2.37. The van der Waals surface area contributed by atoms with E-state index in [0.29, 0.717) is 18.0 Å². The predicted molar refractivity (Wildman–Crippen MR) is 63.1 cm³/mol. The molecule has 0 amide bonds. The number of pyridine rings is 1. The lowest BCUT2D eigenvalue weighted by molar-refractivity contribution is -0.138. The molecule has 100 valence electrons. The number of rotatable bonds is 2. The summed E-state index contributed by atoms with van der Waals surface area (Å²) in [5.41, 5.74) is -0.234. The average molecular weight is 258 g/mol. The van der Waals surface area contributed by atoms with E-state index in [9.17, 15) is 13.2 Å². The first-order valence-electron chi connectivity index (χ1n) is 6.20. The summed E-state index contributed by atoms with van der Waals surface area (Å²) < 4.78 is 38.5. The number of aromatic nitrogens is 1. The monoisotopic (exact) mass is 258 g/mol. The first kappa shape index (κ1) is 13.3. The van der Waals surface area contributed by atoms with Gasteiger partial charge in [-0.2, -0.15) is 13.2 Å². The van der Waals surface area contributed by atoms with Gasteiger partial charge in [0.1, 0.15) is 0 Å². The molecule has 2 rings (SSSR count). The van der Waals surface area contributed by atoms with E-state index < -0.39 is 11.7 Å². The SMILES string of the molecule is CC1CCC(Cc2cnccc2C(F)(F)F)CN1. The largest absolute Gasteiger partial charge is 0.416 e. The van der Waals surface area contributed by atoms with Crippen molar-refractivity contribution in [1.82, 2.24) is 10.3 Å². The van der Waals surface area contributed by atoms with Gasteiger partial charge in [0, 0.05) is 18.4 Å². The number of hydrogen-bond acceptors (Lipinski definition) is 2. The van der Waals surface area contributed by atoms with Crippen molar-refractivity contribution in [2.45, 2.75) is 38.4 Å². The van der Waals surface area contributed by atoms with Gasteiger partial charge in [-0.25, -0.2) is 0 Å². The minimum absolute atomic E-state index is 0.270. The third-order valence-electron chi connectivity index (χ3n) is 3.48. The molecule has 1 saturated heterocycles. The van der Waals surface area contributed by atoms with Crippen molar-refractivity contribution in [3.63, 3.8) is 0 Å². The van der Waals surface area contributed by atoms with Gasteiger partial charge in [-0.05, 0) is 50.3 Å². The fourth-order valence-corrected chi connectivity index (χ4v) is 2.41. The highest BCUT2D eigenvalue weighted by Gasteiger charge is 2.33. The lowest BCUT2D eigenvalue weighted by Gasteiger charge is -2.28. The minimum Gasteiger partial charge on any atom is -0.314 e. The van der Waals surface area contributed by atoms with E-state index in [-0.39, 0.29) is 5.92 Å². The number of nitrogens with zero attached hydrogens (tertiary/aromatic N) is 1. The Hall–Kier alpha value is -1.10. The van der Waals surface area contributed by atoms with E-state index in [0.717, 1.165) is 25.5 Å². The maximum absolute atomic E-state index is 12.8. The highest BCUT2D eigenvalue weighted by molar-refractivity contribution is 5.26. The van der Waals surface area contributed by atoms with Crippen LogP contribution in [0.5, 0.6) is 0 Å². The quantitative estimate of drug-likeness (QED) is 0.882. The zero-order valence-corrected chi connectivity index (χ0v) is 10.3. The highest BCUT2D eigenvalue weighted by Crippen LogP contribution is 2.33. The van der Waals surface area contributed by atoms with Gasteiger partial charge < -0.3 is 5.32 Å². The van der Waals surface area contributed by atoms with Gasteiger partial charge in [-0.15, -0.1) is 0 Å². The van der Waals surface area contributed by atoms with Crippen LogP contribution in [0.3, 0.4) is 0 Å². The molecule has 1 N–H and O–H groups in total. The molecule has 1 aliphatic rings. The molecule has 5 heteroatoms. The zero-order chi connectivity index (χ0) is 13.2. The zero-order valence-electron chi connectivity index (χ0n) is 10.3. The Kier molecular flexibility index (Phi) is 3.90. The fraction of sp³-hybridized carbons (Fsp3) is 0.615. The normalized spacial score (nSPS) is 25.1. The summed E-state index contributed by atoms with van der Waals surface area (Å²) in [7, 11) is 0. The van der Waals surface area contributed by atoms with Crippen LogP contribution in [0.15, 0.2) is 18.5 Å². The molecule has 1 fully saturated rings. The number of alkyl halides is 3. The molecule has 2 heterocycles. The van der Waals surface area contributed by atoms with Crippen LogP contribution in [0.1, 0.15) is 30.9 Å². The van der Waals surface area contributed by atoms with Crippen LogP contribution in [0.4, 0.5) is 13.2 Å². The fourth-order valence-electron chi connectivity index (χ4n) is 2.41. The standard InChI is InChI=1S/C13H17F3N2/c1-9-2-3-10(7-18-9)6-11-8-17-5-4-12(11)13(14,15)16/h4-5,8-10,18H,2-3,6-7H2,1H3. The van der Waals surface area contributed by atoms with Gasteiger partial charge in [0.15, 0.2) is 0 Å². The van der Waals surface area contributed by atoms with Crippen LogP contribution in [-0.4, -0.2) is 17.6 Å². The minimum atomic E-state index is -4.28. The summed E-state index contributed by atoms with van der Waals surface area (Å²) in [5, 5.41) is 3.31. The van der Waals surface area contributed by atoms with Gasteiger partial charge in [0.25, 0.3) is 0 Å².